The Morgan fingerprint density at radius 3 is 2.33 bits per heavy atom. The van der Waals surface area contributed by atoms with Gasteiger partial charge in [-0.05, 0) is 24.7 Å². The van der Waals surface area contributed by atoms with Crippen molar-refractivity contribution in [3.05, 3.63) is 11.1 Å². The molecule has 0 atom stereocenters. The highest BCUT2D eigenvalue weighted by atomic mass is 35.6. The molecule has 0 bridgehead atoms. The second-order valence-corrected chi connectivity index (χ2v) is 9.15. The molecule has 2 amide bonds. The summed E-state index contributed by atoms with van der Waals surface area (Å²) in [4.78, 5) is 24.5. The lowest BCUT2D eigenvalue weighted by Crippen LogP contribution is -2.30. The highest BCUT2D eigenvalue weighted by Crippen LogP contribution is 2.50. The molecular formula is C11H12Cl3NO2S. The largest absolute Gasteiger partial charge is 0.268 e. The molecule has 100 valence electrons. The summed E-state index contributed by atoms with van der Waals surface area (Å²) in [6.07, 6.45) is 2.41. The molecule has 1 aliphatic carbocycles. The standard InChI is InChI=1S/C11H12Cl3NO2S/c1-10(2)5-3-4-6-7(10)9(17)15(8(6)16)18-11(12,13)14/h3-5H2,1-2H3. The normalized spacial score (nSPS) is 23.7. The first kappa shape index (κ1) is 14.5. The average molecular weight is 329 g/mol. The first-order valence-corrected chi connectivity index (χ1v) is 7.42. The molecule has 7 heteroatoms. The molecule has 0 aromatic carbocycles. The Morgan fingerprint density at radius 1 is 1.22 bits per heavy atom. The van der Waals surface area contributed by atoms with E-state index in [0.717, 1.165) is 17.1 Å². The molecule has 18 heavy (non-hydrogen) atoms. The van der Waals surface area contributed by atoms with E-state index in [1.807, 2.05) is 13.8 Å². The summed E-state index contributed by atoms with van der Waals surface area (Å²) >= 11 is 17.6. The van der Waals surface area contributed by atoms with Gasteiger partial charge in [-0.15, -0.1) is 0 Å². The summed E-state index contributed by atoms with van der Waals surface area (Å²) in [5.41, 5.74) is 0.877. The van der Waals surface area contributed by atoms with Crippen molar-refractivity contribution in [2.24, 2.45) is 5.41 Å². The van der Waals surface area contributed by atoms with E-state index >= 15 is 0 Å². The Kier molecular flexibility index (Phi) is 3.69. The third-order valence-corrected chi connectivity index (χ3v) is 4.59. The number of hydrogen-bond donors (Lipinski definition) is 0. The number of halogens is 3. The number of alkyl halides is 3. The van der Waals surface area contributed by atoms with Gasteiger partial charge >= 0.3 is 0 Å². The zero-order valence-electron chi connectivity index (χ0n) is 9.93. The Hall–Kier alpha value is 0.1000. The van der Waals surface area contributed by atoms with Crippen LogP contribution in [0.5, 0.6) is 0 Å². The van der Waals surface area contributed by atoms with E-state index in [0.29, 0.717) is 29.5 Å². The van der Waals surface area contributed by atoms with Crippen LogP contribution in [0.3, 0.4) is 0 Å². The predicted molar refractivity (Wildman–Crippen MR) is 74.4 cm³/mol. The van der Waals surface area contributed by atoms with Crippen molar-refractivity contribution in [1.82, 2.24) is 4.31 Å². The van der Waals surface area contributed by atoms with Gasteiger partial charge in [0.1, 0.15) is 0 Å². The average Bonchev–Trinajstić information content (AvgIpc) is 2.42. The summed E-state index contributed by atoms with van der Waals surface area (Å²) in [6, 6.07) is 0. The van der Waals surface area contributed by atoms with E-state index in [4.69, 9.17) is 34.8 Å². The van der Waals surface area contributed by atoms with Crippen molar-refractivity contribution >= 4 is 58.6 Å². The Morgan fingerprint density at radius 2 is 1.83 bits per heavy atom. The molecule has 0 N–H and O–H groups in total. The van der Waals surface area contributed by atoms with E-state index < -0.39 is 3.12 Å². The van der Waals surface area contributed by atoms with Gasteiger partial charge in [0.15, 0.2) is 0 Å². The lowest BCUT2D eigenvalue weighted by Gasteiger charge is -2.29. The van der Waals surface area contributed by atoms with Crippen molar-refractivity contribution in [2.45, 2.75) is 36.2 Å². The van der Waals surface area contributed by atoms with Crippen LogP contribution < -0.4 is 0 Å². The van der Waals surface area contributed by atoms with Crippen LogP contribution in [0.1, 0.15) is 33.1 Å². The zero-order chi connectivity index (χ0) is 13.7. The van der Waals surface area contributed by atoms with E-state index in [-0.39, 0.29) is 17.2 Å². The number of hydrogen-bond acceptors (Lipinski definition) is 3. The highest BCUT2D eigenvalue weighted by molar-refractivity contribution is 8.03. The maximum atomic E-state index is 12.3. The van der Waals surface area contributed by atoms with Gasteiger partial charge in [-0.3, -0.25) is 9.59 Å². The lowest BCUT2D eigenvalue weighted by atomic mass is 9.73. The summed E-state index contributed by atoms with van der Waals surface area (Å²) in [5.74, 6) is -0.671. The fourth-order valence-corrected chi connectivity index (χ4v) is 3.70. The summed E-state index contributed by atoms with van der Waals surface area (Å²) in [5, 5.41) is 0. The van der Waals surface area contributed by atoms with Gasteiger partial charge in [0, 0.05) is 23.1 Å². The maximum absolute atomic E-state index is 12.3. The number of carbonyl (C=O) groups is 2. The van der Waals surface area contributed by atoms with Gasteiger partial charge in [-0.1, -0.05) is 48.7 Å². The molecule has 1 heterocycles. The van der Waals surface area contributed by atoms with Crippen LogP contribution in [-0.4, -0.2) is 19.2 Å². The molecule has 0 unspecified atom stereocenters. The molecule has 0 radical (unpaired) electrons. The third-order valence-electron chi connectivity index (χ3n) is 3.24. The SMILES string of the molecule is CC1(C)CCCC2=C1C(=O)N(SC(Cl)(Cl)Cl)C2=O. The smallest absolute Gasteiger partial charge is 0.268 e. The second-order valence-electron chi connectivity index (χ2n) is 5.03. The summed E-state index contributed by atoms with van der Waals surface area (Å²) < 4.78 is -0.741. The first-order valence-electron chi connectivity index (χ1n) is 5.52. The molecule has 0 fully saturated rings. The highest BCUT2D eigenvalue weighted by Gasteiger charge is 2.48. The molecule has 0 spiro atoms. The predicted octanol–water partition coefficient (Wildman–Crippen LogP) is 3.84. The van der Waals surface area contributed by atoms with E-state index in [9.17, 15) is 9.59 Å². The fourth-order valence-electron chi connectivity index (χ4n) is 2.50. The van der Waals surface area contributed by atoms with Crippen LogP contribution >= 0.6 is 46.8 Å². The van der Waals surface area contributed by atoms with Gasteiger partial charge < -0.3 is 0 Å². The first-order chi connectivity index (χ1) is 8.13. The molecule has 0 saturated carbocycles. The van der Waals surface area contributed by atoms with Crippen LogP contribution in [0.15, 0.2) is 11.1 Å². The minimum absolute atomic E-state index is 0.288. The number of rotatable bonds is 1. The topological polar surface area (TPSA) is 37.4 Å². The quantitative estimate of drug-likeness (QED) is 0.417. The van der Waals surface area contributed by atoms with Gasteiger partial charge in [0.25, 0.3) is 14.9 Å². The third kappa shape index (κ3) is 2.53. The van der Waals surface area contributed by atoms with Crippen LogP contribution in [0.4, 0.5) is 0 Å². The minimum Gasteiger partial charge on any atom is -0.268 e. The van der Waals surface area contributed by atoms with Gasteiger partial charge in [0.2, 0.25) is 0 Å². The summed E-state index contributed by atoms with van der Waals surface area (Å²) in [6.45, 7) is 3.94. The van der Waals surface area contributed by atoms with Gasteiger partial charge in [-0.2, -0.15) is 0 Å². The number of imide groups is 1. The fraction of sp³-hybridized carbons (Fsp3) is 0.636. The van der Waals surface area contributed by atoms with Crippen LogP contribution in [-0.2, 0) is 9.59 Å². The summed E-state index contributed by atoms with van der Waals surface area (Å²) in [7, 11) is 0. The Bertz CT molecular complexity index is 454. The number of amides is 2. The molecule has 0 saturated heterocycles. The van der Waals surface area contributed by atoms with Crippen molar-refractivity contribution in [3.8, 4) is 0 Å². The second kappa shape index (κ2) is 4.58. The van der Waals surface area contributed by atoms with Crippen molar-refractivity contribution in [2.75, 3.05) is 0 Å². The zero-order valence-corrected chi connectivity index (χ0v) is 13.0. The van der Waals surface area contributed by atoms with Gasteiger partial charge in [-0.25, -0.2) is 4.31 Å². The number of nitrogens with zero attached hydrogens (tertiary/aromatic N) is 1. The van der Waals surface area contributed by atoms with E-state index in [1.165, 1.54) is 0 Å². The molecule has 1 aliphatic heterocycles. The van der Waals surface area contributed by atoms with Crippen LogP contribution in [0, 0.1) is 5.41 Å². The van der Waals surface area contributed by atoms with E-state index in [1.54, 1.807) is 0 Å². The molecule has 2 rings (SSSR count). The monoisotopic (exact) mass is 327 g/mol. The molecular weight excluding hydrogens is 317 g/mol. The van der Waals surface area contributed by atoms with Crippen molar-refractivity contribution in [3.63, 3.8) is 0 Å². The van der Waals surface area contributed by atoms with Crippen LogP contribution in [0.25, 0.3) is 0 Å². The molecule has 0 aromatic rings. The lowest BCUT2D eigenvalue weighted by molar-refractivity contribution is -0.131. The van der Waals surface area contributed by atoms with Crippen LogP contribution in [0.2, 0.25) is 0 Å². The van der Waals surface area contributed by atoms with Crippen molar-refractivity contribution < 1.29 is 9.59 Å². The molecule has 2 aliphatic rings. The Balaban J connectivity index is 2.35. The Labute approximate surface area is 125 Å². The number of carbonyl (C=O) groups excluding carboxylic acids is 2. The maximum Gasteiger partial charge on any atom is 0.268 e. The van der Waals surface area contributed by atoms with Crippen molar-refractivity contribution in [1.29, 1.82) is 0 Å². The molecule has 0 aromatic heterocycles. The van der Waals surface area contributed by atoms with E-state index in [2.05, 4.69) is 0 Å². The van der Waals surface area contributed by atoms with Gasteiger partial charge in [0.05, 0.1) is 0 Å². The minimum atomic E-state index is -1.72. The molecule has 3 nitrogen and oxygen atoms in total.